The van der Waals surface area contributed by atoms with Crippen molar-refractivity contribution in [3.05, 3.63) is 47.8 Å². The fraction of sp³-hybridized carbons (Fsp3) is 0.235. The van der Waals surface area contributed by atoms with Crippen LogP contribution in [0.25, 0.3) is 22.3 Å². The van der Waals surface area contributed by atoms with Crippen LogP contribution in [0, 0.1) is 0 Å². The topological polar surface area (TPSA) is 39.1 Å². The van der Waals surface area contributed by atoms with Gasteiger partial charge in [0.25, 0.3) is 0 Å². The molecule has 1 aromatic rings. The lowest BCUT2D eigenvalue weighted by molar-refractivity contribution is -0.496. The number of nitrogens with one attached hydrogen (secondary N) is 2. The second kappa shape index (κ2) is 5.37. The minimum atomic E-state index is 0.906. The lowest BCUT2D eigenvalue weighted by atomic mass is 10.1. The lowest BCUT2D eigenvalue weighted by Crippen LogP contribution is -2.75. The summed E-state index contributed by atoms with van der Waals surface area (Å²) in [6.45, 7) is 5.99. The first kappa shape index (κ1) is 12.7. The van der Waals surface area contributed by atoms with Crippen LogP contribution >= 0.6 is 0 Å². The van der Waals surface area contributed by atoms with Gasteiger partial charge in [0.1, 0.15) is 17.9 Å². The molecule has 0 spiro atoms. The molecule has 0 amide bonds. The molecule has 102 valence electrons. The third kappa shape index (κ3) is 2.39. The quantitative estimate of drug-likeness (QED) is 0.712. The predicted molar refractivity (Wildman–Crippen MR) is 81.6 cm³/mol. The number of benzene rings is 2. The molecule has 3 heteroatoms. The van der Waals surface area contributed by atoms with Gasteiger partial charge in [0.05, 0.1) is 6.07 Å². The summed E-state index contributed by atoms with van der Waals surface area (Å²) < 4.78 is 6.04. The van der Waals surface area contributed by atoms with E-state index < -0.39 is 0 Å². The monoisotopic (exact) mass is 267 g/mol. The molecule has 0 fully saturated rings. The summed E-state index contributed by atoms with van der Waals surface area (Å²) in [5.41, 5.74) is 3.12. The molecule has 1 heterocycles. The van der Waals surface area contributed by atoms with Crippen molar-refractivity contribution in [3.63, 3.8) is 0 Å². The van der Waals surface area contributed by atoms with Crippen molar-refractivity contribution in [2.24, 2.45) is 0 Å². The molecule has 3 nitrogen and oxygen atoms in total. The van der Waals surface area contributed by atoms with Gasteiger partial charge in [0, 0.05) is 35.3 Å². The van der Waals surface area contributed by atoms with Crippen LogP contribution in [-0.2, 0) is 0 Å². The van der Waals surface area contributed by atoms with E-state index in [0.717, 1.165) is 46.4 Å². The molecule has 0 unspecified atom stereocenters. The van der Waals surface area contributed by atoms with Crippen LogP contribution in [-0.4, -0.2) is 13.1 Å². The Morgan fingerprint density at radius 2 is 1.95 bits per heavy atom. The van der Waals surface area contributed by atoms with E-state index in [1.54, 1.807) is 0 Å². The van der Waals surface area contributed by atoms with E-state index in [9.17, 15) is 0 Å². The maximum Gasteiger partial charge on any atom is 0.202 e. The Labute approximate surface area is 118 Å². The first-order valence-corrected chi connectivity index (χ1v) is 7.08. The normalized spacial score (nSPS) is 12.2. The van der Waals surface area contributed by atoms with E-state index in [4.69, 9.17) is 4.42 Å². The third-order valence-corrected chi connectivity index (χ3v) is 3.32. The molecule has 1 aromatic carbocycles. The van der Waals surface area contributed by atoms with Gasteiger partial charge >= 0.3 is 0 Å². The minimum Gasteiger partial charge on any atom is -0.456 e. The molecule has 0 saturated carbocycles. The van der Waals surface area contributed by atoms with Crippen LogP contribution < -0.4 is 15.7 Å². The van der Waals surface area contributed by atoms with Gasteiger partial charge in [0.15, 0.2) is 0 Å². The van der Waals surface area contributed by atoms with Gasteiger partial charge in [-0.2, -0.15) is 0 Å². The highest BCUT2D eigenvalue weighted by Crippen LogP contribution is 2.28. The van der Waals surface area contributed by atoms with Crippen LogP contribution in [0.4, 0.5) is 5.69 Å². The fourth-order valence-corrected chi connectivity index (χ4v) is 2.40. The molecule has 0 aromatic heterocycles. The molecular weight excluding hydrogens is 248 g/mol. The van der Waals surface area contributed by atoms with Crippen LogP contribution in [0.2, 0.25) is 0 Å². The van der Waals surface area contributed by atoms with Gasteiger partial charge < -0.3 is 9.73 Å². The van der Waals surface area contributed by atoms with Gasteiger partial charge in [-0.3, -0.25) is 0 Å². The number of rotatable bonds is 3. The zero-order valence-electron chi connectivity index (χ0n) is 11.9. The Morgan fingerprint density at radius 1 is 1.05 bits per heavy atom. The van der Waals surface area contributed by atoms with E-state index in [0.29, 0.717) is 0 Å². The zero-order chi connectivity index (χ0) is 13.9. The molecule has 0 saturated heterocycles. The van der Waals surface area contributed by atoms with Gasteiger partial charge in [-0.05, 0) is 38.1 Å². The fourth-order valence-electron chi connectivity index (χ4n) is 2.40. The largest absolute Gasteiger partial charge is 0.456 e. The van der Waals surface area contributed by atoms with E-state index in [1.807, 2.05) is 0 Å². The van der Waals surface area contributed by atoms with Gasteiger partial charge in [-0.25, -0.2) is 4.99 Å². The first-order valence-electron chi connectivity index (χ1n) is 7.08. The Morgan fingerprint density at radius 3 is 2.75 bits per heavy atom. The third-order valence-electron chi connectivity index (χ3n) is 3.32. The van der Waals surface area contributed by atoms with Crippen LogP contribution in [0.15, 0.2) is 46.9 Å². The number of hydrogen-bond donors (Lipinski definition) is 2. The second-order valence-corrected chi connectivity index (χ2v) is 4.81. The molecule has 2 aliphatic rings. The maximum atomic E-state index is 6.04. The highest BCUT2D eigenvalue weighted by Gasteiger charge is 2.08. The summed E-state index contributed by atoms with van der Waals surface area (Å²) in [4.78, 5) is 3.31. The van der Waals surface area contributed by atoms with Gasteiger partial charge in [-0.1, -0.05) is 0 Å². The summed E-state index contributed by atoms with van der Waals surface area (Å²) in [6.07, 6.45) is 0. The maximum absolute atomic E-state index is 6.04. The van der Waals surface area contributed by atoms with Crippen LogP contribution in [0.3, 0.4) is 0 Å². The Balaban J connectivity index is 2.20. The Hall–Kier alpha value is -2.29. The summed E-state index contributed by atoms with van der Waals surface area (Å²) >= 11 is 0. The van der Waals surface area contributed by atoms with E-state index in [-0.39, 0.29) is 0 Å². The average molecular weight is 267 g/mol. The number of anilines is 1. The summed E-state index contributed by atoms with van der Waals surface area (Å²) in [5, 5.41) is 5.52. The second-order valence-electron chi connectivity index (χ2n) is 4.81. The molecular formula is C17H19N2O+. The Bertz CT molecular complexity index is 773. The van der Waals surface area contributed by atoms with E-state index in [2.05, 4.69) is 66.6 Å². The van der Waals surface area contributed by atoms with Crippen molar-refractivity contribution in [1.82, 2.24) is 0 Å². The van der Waals surface area contributed by atoms with E-state index >= 15 is 0 Å². The SMILES string of the molecule is CCNc1ccc2cc3ccc(=[NH+]CC)cc-3oc2c1. The minimum absolute atomic E-state index is 0.906. The summed E-state index contributed by atoms with van der Waals surface area (Å²) in [6, 6.07) is 14.6. The van der Waals surface area contributed by atoms with Crippen LogP contribution in [0.1, 0.15) is 13.8 Å². The highest BCUT2D eigenvalue weighted by atomic mass is 16.3. The average Bonchev–Trinajstić information content (AvgIpc) is 2.46. The van der Waals surface area contributed by atoms with Crippen molar-refractivity contribution in [1.29, 1.82) is 0 Å². The summed E-state index contributed by atoms with van der Waals surface area (Å²) in [7, 11) is 0. The van der Waals surface area contributed by atoms with Gasteiger partial charge in [0.2, 0.25) is 5.36 Å². The standard InChI is InChI=1S/C17H18N2O/c1-3-18-14-7-5-12-9-13-6-8-15(19-4-2)11-17(13)20-16(12)10-14/h5-11,18H,3-4H2,1-2H3/p+1. The smallest absolute Gasteiger partial charge is 0.202 e. The highest BCUT2D eigenvalue weighted by molar-refractivity contribution is 5.85. The van der Waals surface area contributed by atoms with Crippen molar-refractivity contribution < 1.29 is 9.41 Å². The van der Waals surface area contributed by atoms with Gasteiger partial charge in [-0.15, -0.1) is 0 Å². The molecule has 3 rings (SSSR count). The zero-order valence-corrected chi connectivity index (χ0v) is 11.9. The first-order chi connectivity index (χ1) is 9.80. The molecule has 0 bridgehead atoms. The predicted octanol–water partition coefficient (Wildman–Crippen LogP) is 1.97. The van der Waals surface area contributed by atoms with Crippen LogP contribution in [0.5, 0.6) is 0 Å². The molecule has 0 atom stereocenters. The lowest BCUT2D eigenvalue weighted by Gasteiger charge is -2.08. The molecule has 0 radical (unpaired) electrons. The molecule has 20 heavy (non-hydrogen) atoms. The van der Waals surface area contributed by atoms with E-state index in [1.165, 1.54) is 0 Å². The molecule has 2 N–H and O–H groups in total. The van der Waals surface area contributed by atoms with Crippen molar-refractivity contribution in [3.8, 4) is 11.3 Å². The van der Waals surface area contributed by atoms with Crippen molar-refractivity contribution in [2.75, 3.05) is 18.4 Å². The molecule has 1 aliphatic carbocycles. The van der Waals surface area contributed by atoms with Crippen molar-refractivity contribution >= 4 is 16.7 Å². The summed E-state index contributed by atoms with van der Waals surface area (Å²) in [5.74, 6) is 0.907. The number of hydrogen-bond acceptors (Lipinski definition) is 2. The Kier molecular flexibility index (Phi) is 3.42. The molecule has 1 aliphatic heterocycles. The van der Waals surface area contributed by atoms with Crippen molar-refractivity contribution in [2.45, 2.75) is 13.8 Å². The number of fused-ring (bicyclic) bond motifs is 2.